The van der Waals surface area contributed by atoms with Crippen LogP contribution in [0.25, 0.3) is 0 Å². The van der Waals surface area contributed by atoms with Crippen molar-refractivity contribution in [1.82, 2.24) is 10.2 Å². The first kappa shape index (κ1) is 17.0. The Labute approximate surface area is 143 Å². The summed E-state index contributed by atoms with van der Waals surface area (Å²) in [5.74, 6) is -0.221. The number of hydrogen-bond acceptors (Lipinski definition) is 3. The summed E-state index contributed by atoms with van der Waals surface area (Å²) in [6.45, 7) is 1.25. The van der Waals surface area contributed by atoms with Gasteiger partial charge in [0.15, 0.2) is 0 Å². The maximum absolute atomic E-state index is 12.2. The Balaban J connectivity index is 1.56. The maximum Gasteiger partial charge on any atom is 0.235 e. The van der Waals surface area contributed by atoms with Gasteiger partial charge in [-0.2, -0.15) is 0 Å². The topological polar surface area (TPSA) is 75.4 Å². The third-order valence-electron chi connectivity index (χ3n) is 5.27. The van der Waals surface area contributed by atoms with Gasteiger partial charge in [-0.1, -0.05) is 43.5 Å². The number of primary amides is 1. The Morgan fingerprint density at radius 3 is 2.54 bits per heavy atom. The van der Waals surface area contributed by atoms with E-state index in [0.717, 1.165) is 12.8 Å². The lowest BCUT2D eigenvalue weighted by molar-refractivity contribution is -0.126. The van der Waals surface area contributed by atoms with E-state index in [9.17, 15) is 9.59 Å². The van der Waals surface area contributed by atoms with Crippen LogP contribution in [0.2, 0.25) is 0 Å². The number of nitrogens with one attached hydrogen (secondary N) is 1. The zero-order chi connectivity index (χ0) is 16.9. The molecule has 5 nitrogen and oxygen atoms in total. The average Bonchev–Trinajstić information content (AvgIpc) is 2.60. The van der Waals surface area contributed by atoms with Crippen molar-refractivity contribution in [3.05, 3.63) is 35.4 Å². The third kappa shape index (κ3) is 4.15. The number of hydrogen-bond donors (Lipinski definition) is 2. The molecule has 130 valence electrons. The van der Waals surface area contributed by atoms with Crippen LogP contribution in [0.15, 0.2) is 24.3 Å². The molecule has 0 radical (unpaired) electrons. The van der Waals surface area contributed by atoms with Gasteiger partial charge in [0.2, 0.25) is 11.8 Å². The second kappa shape index (κ2) is 7.79. The molecule has 24 heavy (non-hydrogen) atoms. The van der Waals surface area contributed by atoms with E-state index in [-0.39, 0.29) is 17.9 Å². The van der Waals surface area contributed by atoms with Gasteiger partial charge in [-0.3, -0.25) is 14.5 Å². The summed E-state index contributed by atoms with van der Waals surface area (Å²) < 4.78 is 0. The molecule has 1 heterocycles. The Morgan fingerprint density at radius 2 is 1.83 bits per heavy atom. The van der Waals surface area contributed by atoms with Gasteiger partial charge in [0.1, 0.15) is 0 Å². The summed E-state index contributed by atoms with van der Waals surface area (Å²) in [7, 11) is 0. The fourth-order valence-corrected chi connectivity index (χ4v) is 3.88. The molecule has 1 aromatic carbocycles. The fourth-order valence-electron chi connectivity index (χ4n) is 3.88. The number of nitrogens with zero attached hydrogens (tertiary/aromatic N) is 1. The predicted molar refractivity (Wildman–Crippen MR) is 93.2 cm³/mol. The molecule has 2 amide bonds. The molecule has 0 unspecified atom stereocenters. The monoisotopic (exact) mass is 329 g/mol. The van der Waals surface area contributed by atoms with Crippen LogP contribution < -0.4 is 11.1 Å². The van der Waals surface area contributed by atoms with E-state index >= 15 is 0 Å². The maximum atomic E-state index is 12.2. The van der Waals surface area contributed by atoms with Crippen molar-refractivity contribution in [1.29, 1.82) is 0 Å². The Morgan fingerprint density at radius 1 is 1.12 bits per heavy atom. The van der Waals surface area contributed by atoms with Crippen LogP contribution in [0.4, 0.5) is 0 Å². The first-order valence-electron chi connectivity index (χ1n) is 9.03. The summed E-state index contributed by atoms with van der Waals surface area (Å²) in [6, 6.07) is 8.16. The molecule has 1 atom stereocenters. The zero-order valence-corrected chi connectivity index (χ0v) is 14.2. The Bertz CT molecular complexity index is 596. The van der Waals surface area contributed by atoms with Crippen molar-refractivity contribution >= 4 is 11.8 Å². The van der Waals surface area contributed by atoms with E-state index in [2.05, 4.69) is 17.4 Å². The highest BCUT2D eigenvalue weighted by Gasteiger charge is 2.30. The first-order chi connectivity index (χ1) is 11.6. The largest absolute Gasteiger partial charge is 0.368 e. The second-order valence-electron chi connectivity index (χ2n) is 7.01. The number of fused-ring (bicyclic) bond motifs is 1. The molecule has 1 saturated carbocycles. The minimum absolute atomic E-state index is 0.0870. The van der Waals surface area contributed by atoms with Crippen molar-refractivity contribution in [3.63, 3.8) is 0 Å². The number of carbonyl (C=O) groups excluding carboxylic acids is 2. The average molecular weight is 329 g/mol. The van der Waals surface area contributed by atoms with E-state index in [0.29, 0.717) is 32.0 Å². The molecule has 1 fully saturated rings. The van der Waals surface area contributed by atoms with Crippen molar-refractivity contribution in [2.75, 3.05) is 6.54 Å². The number of carbonyl (C=O) groups is 2. The molecule has 0 spiro atoms. The molecule has 1 aliphatic carbocycles. The minimum Gasteiger partial charge on any atom is -0.368 e. The van der Waals surface area contributed by atoms with Crippen LogP contribution in [0.3, 0.4) is 0 Å². The lowest BCUT2D eigenvalue weighted by Crippen LogP contribution is -2.49. The van der Waals surface area contributed by atoms with E-state index < -0.39 is 0 Å². The summed E-state index contributed by atoms with van der Waals surface area (Å²) in [4.78, 5) is 26.1. The number of amides is 2. The molecule has 3 rings (SSSR count). The number of rotatable bonds is 5. The molecule has 1 aromatic rings. The van der Waals surface area contributed by atoms with Crippen LogP contribution in [0.5, 0.6) is 0 Å². The van der Waals surface area contributed by atoms with Gasteiger partial charge in [-0.15, -0.1) is 0 Å². The van der Waals surface area contributed by atoms with Gasteiger partial charge >= 0.3 is 0 Å². The number of benzene rings is 1. The van der Waals surface area contributed by atoms with Gasteiger partial charge in [-0.25, -0.2) is 0 Å². The van der Waals surface area contributed by atoms with Gasteiger partial charge in [0.05, 0.1) is 6.04 Å². The highest BCUT2D eigenvalue weighted by molar-refractivity contribution is 5.81. The van der Waals surface area contributed by atoms with E-state index in [1.165, 1.54) is 30.4 Å². The summed E-state index contributed by atoms with van der Waals surface area (Å²) in [5, 5.41) is 3.14. The van der Waals surface area contributed by atoms with E-state index in [1.807, 2.05) is 17.0 Å². The molecule has 0 bridgehead atoms. The van der Waals surface area contributed by atoms with Gasteiger partial charge in [0.25, 0.3) is 0 Å². The minimum atomic E-state index is -0.317. The van der Waals surface area contributed by atoms with Crippen molar-refractivity contribution in [2.24, 2.45) is 5.73 Å². The SMILES string of the molecule is NC(=O)[C@@H]1Cc2ccccc2CN1CCC(=O)NC1CCCCC1. The molecular formula is C19H27N3O2. The molecule has 2 aliphatic rings. The van der Waals surface area contributed by atoms with Crippen LogP contribution >= 0.6 is 0 Å². The van der Waals surface area contributed by atoms with Crippen LogP contribution in [0, 0.1) is 0 Å². The molecular weight excluding hydrogens is 302 g/mol. The summed E-state index contributed by atoms with van der Waals surface area (Å²) in [5.41, 5.74) is 8.00. The van der Waals surface area contributed by atoms with Gasteiger partial charge in [-0.05, 0) is 30.4 Å². The van der Waals surface area contributed by atoms with Crippen LogP contribution in [-0.2, 0) is 22.6 Å². The lowest BCUT2D eigenvalue weighted by atomic mass is 9.93. The Hall–Kier alpha value is -1.88. The fraction of sp³-hybridized carbons (Fsp3) is 0.579. The van der Waals surface area contributed by atoms with E-state index in [1.54, 1.807) is 0 Å². The highest BCUT2D eigenvalue weighted by Crippen LogP contribution is 2.23. The smallest absolute Gasteiger partial charge is 0.235 e. The molecule has 0 aromatic heterocycles. The van der Waals surface area contributed by atoms with Crippen molar-refractivity contribution in [3.8, 4) is 0 Å². The van der Waals surface area contributed by atoms with Gasteiger partial charge in [0, 0.05) is 25.6 Å². The number of nitrogens with two attached hydrogens (primary N) is 1. The molecule has 3 N–H and O–H groups in total. The summed E-state index contributed by atoms with van der Waals surface area (Å²) >= 11 is 0. The second-order valence-corrected chi connectivity index (χ2v) is 7.01. The third-order valence-corrected chi connectivity index (χ3v) is 5.27. The van der Waals surface area contributed by atoms with Crippen LogP contribution in [-0.4, -0.2) is 35.3 Å². The highest BCUT2D eigenvalue weighted by atomic mass is 16.2. The normalized spacial score (nSPS) is 21.9. The quantitative estimate of drug-likeness (QED) is 0.864. The van der Waals surface area contributed by atoms with Crippen LogP contribution in [0.1, 0.15) is 49.7 Å². The van der Waals surface area contributed by atoms with Crippen molar-refractivity contribution < 1.29 is 9.59 Å². The summed E-state index contributed by atoms with van der Waals surface area (Å²) in [6.07, 6.45) is 6.92. The van der Waals surface area contributed by atoms with Gasteiger partial charge < -0.3 is 11.1 Å². The standard InChI is InChI=1S/C19H27N3O2/c20-19(24)17-12-14-6-4-5-7-15(14)13-22(17)11-10-18(23)21-16-8-2-1-3-9-16/h4-7,16-17H,1-3,8-13H2,(H2,20,24)(H,21,23)/t17-/m0/s1. The molecule has 0 saturated heterocycles. The lowest BCUT2D eigenvalue weighted by Gasteiger charge is -2.35. The van der Waals surface area contributed by atoms with Crippen molar-refractivity contribution in [2.45, 2.75) is 63.6 Å². The zero-order valence-electron chi connectivity index (χ0n) is 14.2. The Kier molecular flexibility index (Phi) is 5.51. The van der Waals surface area contributed by atoms with E-state index in [4.69, 9.17) is 5.73 Å². The molecule has 1 aliphatic heterocycles. The first-order valence-corrected chi connectivity index (χ1v) is 9.03. The molecule has 5 heteroatoms. The predicted octanol–water partition coefficient (Wildman–Crippen LogP) is 1.74.